The minimum Gasteiger partial charge on any atom is -0.341 e. The lowest BCUT2D eigenvalue weighted by atomic mass is 9.81. The van der Waals surface area contributed by atoms with Gasteiger partial charge in [0.15, 0.2) is 0 Å². The van der Waals surface area contributed by atoms with Gasteiger partial charge in [-0.2, -0.15) is 0 Å². The second-order valence-electron chi connectivity index (χ2n) is 7.73. The summed E-state index contributed by atoms with van der Waals surface area (Å²) >= 11 is 0. The van der Waals surface area contributed by atoms with Gasteiger partial charge in [-0.3, -0.25) is 9.59 Å². The molecular weight excluding hydrogens is 348 g/mol. The monoisotopic (exact) mass is 378 g/mol. The zero-order valence-electron chi connectivity index (χ0n) is 16.9. The van der Waals surface area contributed by atoms with Crippen LogP contribution in [-0.2, 0) is 22.6 Å². The molecule has 0 heterocycles. The third-order valence-electron chi connectivity index (χ3n) is 5.74. The van der Waals surface area contributed by atoms with Crippen molar-refractivity contribution in [2.45, 2.75) is 45.6 Å². The van der Waals surface area contributed by atoms with Gasteiger partial charge in [-0.1, -0.05) is 55.5 Å². The number of rotatable bonds is 6. The molecule has 0 aliphatic heterocycles. The summed E-state index contributed by atoms with van der Waals surface area (Å²) in [6, 6.07) is 18.0. The highest BCUT2D eigenvalue weighted by Gasteiger charge is 2.31. The Labute approximate surface area is 167 Å². The van der Waals surface area contributed by atoms with Crippen LogP contribution in [0.1, 0.15) is 43.7 Å². The largest absolute Gasteiger partial charge is 0.341 e. The number of hydrogen-bond donors (Lipinski definition) is 1. The number of amides is 2. The molecule has 0 saturated heterocycles. The predicted molar refractivity (Wildman–Crippen MR) is 113 cm³/mol. The molecule has 2 amide bonds. The first-order valence-electron chi connectivity index (χ1n) is 10.3. The number of hydrogen-bond acceptors (Lipinski definition) is 2. The highest BCUT2D eigenvalue weighted by molar-refractivity contribution is 5.93. The lowest BCUT2D eigenvalue weighted by molar-refractivity contribution is -0.137. The summed E-state index contributed by atoms with van der Waals surface area (Å²) < 4.78 is 0. The van der Waals surface area contributed by atoms with Gasteiger partial charge in [-0.15, -0.1) is 0 Å². The topological polar surface area (TPSA) is 49.4 Å². The fourth-order valence-electron chi connectivity index (χ4n) is 4.03. The Balaban J connectivity index is 1.51. The number of nitrogens with zero attached hydrogens (tertiary/aromatic N) is 1. The maximum Gasteiger partial charge on any atom is 0.227 e. The molecule has 1 fully saturated rings. The van der Waals surface area contributed by atoms with Crippen LogP contribution in [-0.4, -0.2) is 23.8 Å². The second-order valence-corrected chi connectivity index (χ2v) is 7.73. The van der Waals surface area contributed by atoms with Crippen LogP contribution in [0.3, 0.4) is 0 Å². The van der Waals surface area contributed by atoms with Gasteiger partial charge < -0.3 is 10.2 Å². The molecule has 2 aromatic rings. The molecular formula is C24H30N2O2. The van der Waals surface area contributed by atoms with Crippen LogP contribution in [0, 0.1) is 11.8 Å². The van der Waals surface area contributed by atoms with Crippen molar-refractivity contribution in [1.82, 2.24) is 4.90 Å². The van der Waals surface area contributed by atoms with Crippen molar-refractivity contribution in [2.24, 2.45) is 11.8 Å². The van der Waals surface area contributed by atoms with E-state index in [9.17, 15) is 9.59 Å². The van der Waals surface area contributed by atoms with E-state index in [-0.39, 0.29) is 23.7 Å². The standard InChI is InChI=1S/C24H30N2O2/c1-3-19-11-7-8-12-22(19)25-23(27)20-13-15-21(16-14-20)24(28)26(2)17-18-9-5-4-6-10-18/h4-12,20-21H,3,13-17H2,1-2H3,(H,25,27). The number of para-hydroxylation sites is 1. The molecule has 2 aromatic carbocycles. The van der Waals surface area contributed by atoms with Crippen molar-refractivity contribution < 1.29 is 9.59 Å². The van der Waals surface area contributed by atoms with E-state index in [0.717, 1.165) is 48.9 Å². The molecule has 28 heavy (non-hydrogen) atoms. The van der Waals surface area contributed by atoms with Gasteiger partial charge in [-0.25, -0.2) is 0 Å². The minimum atomic E-state index is -0.00612. The first-order chi connectivity index (χ1) is 13.6. The van der Waals surface area contributed by atoms with Gasteiger partial charge in [0.2, 0.25) is 11.8 Å². The van der Waals surface area contributed by atoms with E-state index in [1.165, 1.54) is 0 Å². The Bertz CT molecular complexity index is 795. The number of aryl methyl sites for hydroxylation is 1. The smallest absolute Gasteiger partial charge is 0.227 e. The van der Waals surface area contributed by atoms with Crippen molar-refractivity contribution in [3.8, 4) is 0 Å². The Morgan fingerprint density at radius 3 is 2.21 bits per heavy atom. The summed E-state index contributed by atoms with van der Waals surface area (Å²) in [5, 5.41) is 3.10. The summed E-state index contributed by atoms with van der Waals surface area (Å²) in [5.74, 6) is 0.303. The van der Waals surface area contributed by atoms with Crippen LogP contribution in [0.5, 0.6) is 0 Å². The predicted octanol–water partition coefficient (Wildman–Crippen LogP) is 4.65. The third kappa shape index (κ3) is 5.00. The van der Waals surface area contributed by atoms with Gasteiger partial charge in [0.1, 0.15) is 0 Å². The summed E-state index contributed by atoms with van der Waals surface area (Å²) in [6.45, 7) is 2.72. The molecule has 1 aliphatic rings. The zero-order valence-corrected chi connectivity index (χ0v) is 16.9. The van der Waals surface area contributed by atoms with E-state index in [4.69, 9.17) is 0 Å². The van der Waals surface area contributed by atoms with Gasteiger partial charge in [0, 0.05) is 31.1 Å². The maximum absolute atomic E-state index is 12.8. The van der Waals surface area contributed by atoms with E-state index < -0.39 is 0 Å². The number of anilines is 1. The molecule has 0 radical (unpaired) electrons. The first-order valence-corrected chi connectivity index (χ1v) is 10.3. The number of nitrogens with one attached hydrogen (secondary N) is 1. The summed E-state index contributed by atoms with van der Waals surface area (Å²) in [4.78, 5) is 27.3. The normalized spacial score (nSPS) is 19.1. The minimum absolute atomic E-state index is 0.00612. The average Bonchev–Trinajstić information content (AvgIpc) is 2.74. The van der Waals surface area contributed by atoms with Crippen molar-refractivity contribution >= 4 is 17.5 Å². The lowest BCUT2D eigenvalue weighted by Gasteiger charge is -2.30. The molecule has 0 unspecified atom stereocenters. The van der Waals surface area contributed by atoms with E-state index >= 15 is 0 Å². The van der Waals surface area contributed by atoms with Crippen LogP contribution in [0.4, 0.5) is 5.69 Å². The molecule has 3 rings (SSSR count). The average molecular weight is 379 g/mol. The van der Waals surface area contributed by atoms with E-state index in [1.807, 2.05) is 66.5 Å². The fourth-order valence-corrected chi connectivity index (χ4v) is 4.03. The van der Waals surface area contributed by atoms with Crippen LogP contribution in [0.25, 0.3) is 0 Å². The highest BCUT2D eigenvalue weighted by Crippen LogP contribution is 2.31. The maximum atomic E-state index is 12.8. The van der Waals surface area contributed by atoms with Gasteiger partial charge in [-0.05, 0) is 49.3 Å². The zero-order chi connectivity index (χ0) is 19.9. The number of benzene rings is 2. The summed E-state index contributed by atoms with van der Waals surface area (Å²) in [6.07, 6.45) is 4.01. The molecule has 0 aromatic heterocycles. The molecule has 4 heteroatoms. The van der Waals surface area contributed by atoms with Crippen LogP contribution in [0.15, 0.2) is 54.6 Å². The molecule has 0 atom stereocenters. The SMILES string of the molecule is CCc1ccccc1NC(=O)C1CCC(C(=O)N(C)Cc2ccccc2)CC1. The van der Waals surface area contributed by atoms with Crippen molar-refractivity contribution in [2.75, 3.05) is 12.4 Å². The second kappa shape index (κ2) is 9.54. The molecule has 148 valence electrons. The third-order valence-corrected chi connectivity index (χ3v) is 5.74. The fraction of sp³-hybridized carbons (Fsp3) is 0.417. The molecule has 1 N–H and O–H groups in total. The number of carbonyl (C=O) groups is 2. The van der Waals surface area contributed by atoms with Crippen molar-refractivity contribution in [1.29, 1.82) is 0 Å². The Kier molecular flexibility index (Phi) is 6.85. The van der Waals surface area contributed by atoms with E-state index in [0.29, 0.717) is 6.54 Å². The van der Waals surface area contributed by atoms with Crippen molar-refractivity contribution in [3.63, 3.8) is 0 Å². The highest BCUT2D eigenvalue weighted by atomic mass is 16.2. The van der Waals surface area contributed by atoms with E-state index in [1.54, 1.807) is 0 Å². The molecule has 4 nitrogen and oxygen atoms in total. The van der Waals surface area contributed by atoms with Crippen LogP contribution < -0.4 is 5.32 Å². The Morgan fingerprint density at radius 1 is 0.929 bits per heavy atom. The van der Waals surface area contributed by atoms with Crippen molar-refractivity contribution in [3.05, 3.63) is 65.7 Å². The molecule has 1 aliphatic carbocycles. The quantitative estimate of drug-likeness (QED) is 0.795. The van der Waals surface area contributed by atoms with Crippen LogP contribution >= 0.6 is 0 Å². The number of carbonyl (C=O) groups excluding carboxylic acids is 2. The van der Waals surface area contributed by atoms with Gasteiger partial charge in [0.05, 0.1) is 0 Å². The Morgan fingerprint density at radius 2 is 1.54 bits per heavy atom. The Hall–Kier alpha value is -2.62. The van der Waals surface area contributed by atoms with E-state index in [2.05, 4.69) is 12.2 Å². The lowest BCUT2D eigenvalue weighted by Crippen LogP contribution is -2.36. The molecule has 0 bridgehead atoms. The first kappa shape index (κ1) is 20.1. The van der Waals surface area contributed by atoms with Gasteiger partial charge in [0.25, 0.3) is 0 Å². The van der Waals surface area contributed by atoms with Crippen LogP contribution in [0.2, 0.25) is 0 Å². The molecule has 1 saturated carbocycles. The summed E-state index contributed by atoms with van der Waals surface area (Å²) in [7, 11) is 1.87. The summed E-state index contributed by atoms with van der Waals surface area (Å²) in [5.41, 5.74) is 3.21. The van der Waals surface area contributed by atoms with Gasteiger partial charge >= 0.3 is 0 Å². The molecule has 0 spiro atoms.